The number of nitrogens with zero attached hydrogens (tertiary/aromatic N) is 4. The molecular formula is C52H104MoN4S12. The van der Waals surface area contributed by atoms with Gasteiger partial charge in [-0.25, -0.2) is 0 Å². The van der Waals surface area contributed by atoms with Gasteiger partial charge in [0.15, 0.2) is 0 Å². The van der Waals surface area contributed by atoms with Gasteiger partial charge in [-0.2, -0.15) is 0 Å². The summed E-state index contributed by atoms with van der Waals surface area (Å²) in [5.41, 5.74) is 0. The SMILES string of the molecule is CCCCCC[N+]([S-])(CCCCCC)C(=S)[S-].CCCCCC[N+]([S-])(CCCCCC)C(=S)[S-].CCCCCC[N+]([S-])(CCCCCC)C(=S)[S-].CCCCCC[N+]([S-])(CCCCCC)C(=S)[S-].[Mo+4]. The number of unbranched alkanes of at least 4 members (excludes halogenated alkanes) is 24. The minimum Gasteiger partial charge on any atom is -0.489 e. The Bertz CT molecular complexity index is 963. The minimum atomic E-state index is 0. The second-order valence-electron chi connectivity index (χ2n) is 18.9. The predicted octanol–water partition coefficient (Wildman–Crippen LogP) is 17.0. The summed E-state index contributed by atoms with van der Waals surface area (Å²) in [4.78, 5) is 0. The van der Waals surface area contributed by atoms with Gasteiger partial charge in [-0.3, -0.25) is 0 Å². The van der Waals surface area contributed by atoms with Gasteiger partial charge in [0.1, 0.15) is 0 Å². The van der Waals surface area contributed by atoms with Gasteiger partial charge in [-0.05, 0) is 103 Å². The van der Waals surface area contributed by atoms with Gasteiger partial charge in [-0.15, -0.1) is 0 Å². The van der Waals surface area contributed by atoms with E-state index in [-0.39, 0.29) is 21.1 Å². The zero-order valence-electron chi connectivity index (χ0n) is 45.4. The molecular weight excluding hydrogens is 1160 g/mol. The molecule has 69 heavy (non-hydrogen) atoms. The molecule has 0 bridgehead atoms. The summed E-state index contributed by atoms with van der Waals surface area (Å²) in [7, 11) is 0. The minimum absolute atomic E-state index is 0. The van der Waals surface area contributed by atoms with Crippen LogP contribution in [0.15, 0.2) is 0 Å². The fourth-order valence-electron chi connectivity index (χ4n) is 7.53. The van der Waals surface area contributed by atoms with Crippen molar-refractivity contribution < 1.29 is 36.6 Å². The maximum Gasteiger partial charge on any atom is 4.00 e. The number of hydrogen-bond acceptors (Lipinski definition) is 12. The van der Waals surface area contributed by atoms with E-state index in [9.17, 15) is 0 Å². The average Bonchev–Trinajstić information content (AvgIpc) is 3.30. The van der Waals surface area contributed by atoms with Gasteiger partial charge in [0, 0.05) is 17.3 Å². The van der Waals surface area contributed by atoms with Crippen LogP contribution in [0.1, 0.15) is 261 Å². The Morgan fingerprint density at radius 2 is 0.333 bits per heavy atom. The maximum atomic E-state index is 5.62. The molecule has 0 aliphatic heterocycles. The van der Waals surface area contributed by atoms with E-state index in [1.807, 2.05) is 0 Å². The van der Waals surface area contributed by atoms with Crippen molar-refractivity contribution >= 4 is 168 Å². The third-order valence-electron chi connectivity index (χ3n) is 12.3. The van der Waals surface area contributed by atoms with Crippen LogP contribution in [0.4, 0.5) is 0 Å². The van der Waals surface area contributed by atoms with Gasteiger partial charge in [-0.1, -0.05) is 158 Å². The smallest absolute Gasteiger partial charge is 0.489 e. The monoisotopic (exact) mass is 1270 g/mol. The molecule has 0 aliphatic carbocycles. The summed E-state index contributed by atoms with van der Waals surface area (Å²) in [6, 6.07) is 0. The summed E-state index contributed by atoms with van der Waals surface area (Å²) in [5, 5.41) is 0. The van der Waals surface area contributed by atoms with Crippen LogP contribution in [0.5, 0.6) is 0 Å². The van der Waals surface area contributed by atoms with Crippen molar-refractivity contribution in [1.82, 2.24) is 0 Å². The Balaban J connectivity index is -0.000000263. The largest absolute Gasteiger partial charge is 4.00 e. The zero-order valence-corrected chi connectivity index (χ0v) is 57.2. The van der Waals surface area contributed by atoms with Gasteiger partial charge in [0.05, 0.1) is 52.4 Å². The van der Waals surface area contributed by atoms with Crippen LogP contribution in [0.2, 0.25) is 0 Å². The van der Waals surface area contributed by atoms with Crippen LogP contribution < -0.4 is 0 Å². The Labute approximate surface area is 512 Å². The predicted molar refractivity (Wildman–Crippen MR) is 342 cm³/mol. The molecule has 0 aliphatic rings. The van der Waals surface area contributed by atoms with E-state index in [0.717, 1.165) is 104 Å². The second-order valence-corrected chi connectivity index (χ2v) is 25.8. The van der Waals surface area contributed by atoms with E-state index in [4.69, 9.17) is 151 Å². The molecule has 0 N–H and O–H groups in total. The average molecular weight is 1270 g/mol. The Morgan fingerprint density at radius 3 is 0.406 bits per heavy atom. The number of thiocarbonyl (C=S) groups is 4. The van der Waals surface area contributed by atoms with Crippen LogP contribution in [-0.4, -0.2) is 85.2 Å². The summed E-state index contributed by atoms with van der Waals surface area (Å²) in [6.07, 6.45) is 39.6. The molecule has 0 aromatic carbocycles. The Morgan fingerprint density at radius 1 is 0.232 bits per heavy atom. The zero-order chi connectivity index (χ0) is 52.6. The molecule has 0 radical (unpaired) electrons. The Kier molecular flexibility index (Phi) is 65.6. The first-order valence-electron chi connectivity index (χ1n) is 27.4. The third-order valence-corrected chi connectivity index (χ3v) is 18.2. The summed E-state index contributed by atoms with van der Waals surface area (Å²) >= 11 is 63.8. The molecule has 4 nitrogen and oxygen atoms in total. The Hall–Kier alpha value is 3.17. The summed E-state index contributed by atoms with van der Waals surface area (Å²) in [5.74, 6) is 0. The molecule has 0 fully saturated rings. The fraction of sp³-hybridized carbons (Fsp3) is 0.923. The quantitative estimate of drug-likeness (QED) is 0.0189. The number of hydrogen-bond donors (Lipinski definition) is 0. The van der Waals surface area contributed by atoms with Gasteiger partial charge in [0.25, 0.3) is 0 Å². The first-order chi connectivity index (χ1) is 32.3. The molecule has 17 heteroatoms. The standard InChI is InChI=1S/4C13H27NS3.Mo/c4*1-3-5-7-9-11-14(17,13(15)16)12-10-8-6-4-2;/h4*3-12H2,1-2H3,(H,15,16);/q;;;;+4/p-4. The van der Waals surface area contributed by atoms with Crippen molar-refractivity contribution in [2.45, 2.75) is 261 Å². The molecule has 0 aromatic heterocycles. The molecule has 0 saturated heterocycles. The second kappa shape index (κ2) is 55.9. The normalized spacial score (nSPS) is 11.5. The molecule has 410 valence electrons. The molecule has 0 spiro atoms. The van der Waals surface area contributed by atoms with Gasteiger partial charge in [0.2, 0.25) is 0 Å². The van der Waals surface area contributed by atoms with Crippen molar-refractivity contribution in [3.05, 3.63) is 0 Å². The number of rotatable bonds is 40. The van der Waals surface area contributed by atoms with Gasteiger partial charge >= 0.3 is 21.1 Å². The molecule has 0 atom stereocenters. The molecule has 0 unspecified atom stereocenters. The summed E-state index contributed by atoms with van der Waals surface area (Å²) < 4.78 is 3.91. The van der Waals surface area contributed by atoms with Crippen molar-refractivity contribution in [2.24, 2.45) is 0 Å². The van der Waals surface area contributed by atoms with Crippen LogP contribution in [-0.2, 0) is 123 Å². The number of quaternary nitrogens is 4. The maximum absolute atomic E-state index is 5.62. The van der Waals surface area contributed by atoms with Crippen molar-refractivity contribution in [1.29, 1.82) is 0 Å². The van der Waals surface area contributed by atoms with E-state index >= 15 is 0 Å². The first kappa shape index (κ1) is 81.0. The van der Waals surface area contributed by atoms with Crippen molar-refractivity contribution in [3.8, 4) is 0 Å². The molecule has 0 saturated carbocycles. The van der Waals surface area contributed by atoms with E-state index < -0.39 is 0 Å². The molecule has 0 aromatic rings. The molecule has 0 heterocycles. The van der Waals surface area contributed by atoms with Crippen molar-refractivity contribution in [2.75, 3.05) is 52.4 Å². The van der Waals surface area contributed by atoms with E-state index in [2.05, 4.69) is 55.4 Å². The van der Waals surface area contributed by atoms with Crippen molar-refractivity contribution in [3.63, 3.8) is 0 Å². The van der Waals surface area contributed by atoms with E-state index in [1.54, 1.807) is 0 Å². The molecule has 0 amide bonds. The topological polar surface area (TPSA) is 0 Å². The third kappa shape index (κ3) is 49.2. The van der Waals surface area contributed by atoms with E-state index in [1.165, 1.54) is 154 Å². The first-order valence-corrected chi connectivity index (χ1v) is 32.2. The summed E-state index contributed by atoms with van der Waals surface area (Å²) in [6.45, 7) is 25.3. The fourth-order valence-corrected chi connectivity index (χ4v) is 10.0. The van der Waals surface area contributed by atoms with Crippen LogP contribution >= 0.6 is 48.9 Å². The van der Waals surface area contributed by atoms with Crippen LogP contribution in [0, 0.1) is 0 Å². The van der Waals surface area contributed by atoms with Crippen LogP contribution in [0.25, 0.3) is 0 Å². The van der Waals surface area contributed by atoms with Gasteiger partial charge < -0.3 is 166 Å². The van der Waals surface area contributed by atoms with Crippen LogP contribution in [0.3, 0.4) is 0 Å². The van der Waals surface area contributed by atoms with E-state index in [0.29, 0.717) is 32.8 Å². The molecule has 0 rings (SSSR count).